The Labute approximate surface area is 166 Å². The van der Waals surface area contributed by atoms with Gasteiger partial charge in [0.05, 0.1) is 0 Å². The van der Waals surface area contributed by atoms with Crippen molar-refractivity contribution >= 4 is 17.7 Å². The van der Waals surface area contributed by atoms with E-state index < -0.39 is 6.10 Å². The molecule has 1 N–H and O–H groups in total. The van der Waals surface area contributed by atoms with E-state index in [1.807, 2.05) is 24.8 Å². The fourth-order valence-electron chi connectivity index (χ4n) is 3.39. The highest BCUT2D eigenvalue weighted by atomic mass is 32.2. The molecule has 0 heterocycles. The molecule has 2 aromatic rings. The van der Waals surface area contributed by atoms with E-state index in [0.717, 1.165) is 30.1 Å². The number of carbonyl (C=O) groups excluding carboxylic acids is 1. The lowest BCUT2D eigenvalue weighted by Gasteiger charge is -2.19. The molecule has 3 rings (SSSR count). The molecule has 144 valence electrons. The normalized spacial score (nSPS) is 14.3. The molecule has 27 heavy (non-hydrogen) atoms. The fraction of sp³-hybridized carbons (Fsp3) is 0.435. The molecule has 0 radical (unpaired) electrons. The Hall–Kier alpha value is -1.94. The minimum absolute atomic E-state index is 0.0517. The Morgan fingerprint density at radius 3 is 2.74 bits per heavy atom. The SMILES string of the molecule is Cc1ccccc1CSCCNC(=O)[C@@H](C)Oc1ccc2c(c1)CCCC2. The molecule has 0 bridgehead atoms. The number of amides is 1. The predicted molar refractivity (Wildman–Crippen MR) is 114 cm³/mol. The maximum atomic E-state index is 12.3. The van der Waals surface area contributed by atoms with Crippen LogP contribution in [0, 0.1) is 6.92 Å². The van der Waals surface area contributed by atoms with Crippen LogP contribution in [0.3, 0.4) is 0 Å². The smallest absolute Gasteiger partial charge is 0.260 e. The van der Waals surface area contributed by atoms with Crippen LogP contribution in [0.25, 0.3) is 0 Å². The largest absolute Gasteiger partial charge is 0.481 e. The number of ether oxygens (including phenoxy) is 1. The van der Waals surface area contributed by atoms with E-state index in [2.05, 4.69) is 48.6 Å². The molecule has 0 aromatic heterocycles. The number of thioether (sulfide) groups is 1. The van der Waals surface area contributed by atoms with Gasteiger partial charge in [0.15, 0.2) is 6.10 Å². The number of nitrogens with one attached hydrogen (secondary N) is 1. The molecular formula is C23H29NO2S. The van der Waals surface area contributed by atoms with Crippen LogP contribution in [-0.4, -0.2) is 24.3 Å². The molecule has 0 fully saturated rings. The predicted octanol–water partition coefficient (Wildman–Crippen LogP) is 4.69. The quantitative estimate of drug-likeness (QED) is 0.672. The summed E-state index contributed by atoms with van der Waals surface area (Å²) < 4.78 is 5.87. The highest BCUT2D eigenvalue weighted by Crippen LogP contribution is 2.25. The Balaban J connectivity index is 1.38. The van der Waals surface area contributed by atoms with Gasteiger partial charge in [-0.25, -0.2) is 0 Å². The molecule has 0 unspecified atom stereocenters. The first kappa shape index (κ1) is 19.8. The zero-order valence-corrected chi connectivity index (χ0v) is 17.1. The maximum absolute atomic E-state index is 12.3. The van der Waals surface area contributed by atoms with E-state index in [0.29, 0.717) is 6.54 Å². The lowest BCUT2D eigenvalue weighted by molar-refractivity contribution is -0.127. The van der Waals surface area contributed by atoms with Crippen molar-refractivity contribution in [2.45, 2.75) is 51.4 Å². The van der Waals surface area contributed by atoms with Gasteiger partial charge in [-0.15, -0.1) is 0 Å². The van der Waals surface area contributed by atoms with Crippen LogP contribution in [0.5, 0.6) is 5.75 Å². The summed E-state index contributed by atoms with van der Waals surface area (Å²) >= 11 is 1.84. The Morgan fingerprint density at radius 1 is 1.15 bits per heavy atom. The third kappa shape index (κ3) is 5.77. The third-order valence-corrected chi connectivity index (χ3v) is 6.07. The van der Waals surface area contributed by atoms with Gasteiger partial charge in [-0.2, -0.15) is 11.8 Å². The fourth-order valence-corrected chi connectivity index (χ4v) is 4.32. The molecule has 1 amide bonds. The summed E-state index contributed by atoms with van der Waals surface area (Å²) in [5, 5.41) is 2.98. The molecule has 0 saturated carbocycles. The van der Waals surface area contributed by atoms with Crippen LogP contribution < -0.4 is 10.1 Å². The Bertz CT molecular complexity index is 775. The first-order chi connectivity index (χ1) is 13.1. The summed E-state index contributed by atoms with van der Waals surface area (Å²) in [5.41, 5.74) is 5.48. The zero-order valence-electron chi connectivity index (χ0n) is 16.3. The number of benzene rings is 2. The van der Waals surface area contributed by atoms with E-state index >= 15 is 0 Å². The van der Waals surface area contributed by atoms with Crippen LogP contribution in [0.1, 0.15) is 42.0 Å². The van der Waals surface area contributed by atoms with Gasteiger partial charge in [-0.1, -0.05) is 30.3 Å². The van der Waals surface area contributed by atoms with Crippen molar-refractivity contribution < 1.29 is 9.53 Å². The zero-order chi connectivity index (χ0) is 19.1. The summed E-state index contributed by atoms with van der Waals surface area (Å²) in [7, 11) is 0. The number of hydrogen-bond donors (Lipinski definition) is 1. The highest BCUT2D eigenvalue weighted by Gasteiger charge is 2.16. The lowest BCUT2D eigenvalue weighted by atomic mass is 9.92. The second-order valence-electron chi connectivity index (χ2n) is 7.17. The highest BCUT2D eigenvalue weighted by molar-refractivity contribution is 7.98. The second-order valence-corrected chi connectivity index (χ2v) is 8.27. The molecule has 1 atom stereocenters. The van der Waals surface area contributed by atoms with Crippen molar-refractivity contribution in [2.24, 2.45) is 0 Å². The third-order valence-electron chi connectivity index (χ3n) is 5.07. The maximum Gasteiger partial charge on any atom is 0.260 e. The summed E-state index contributed by atoms with van der Waals surface area (Å²) in [4.78, 5) is 12.3. The van der Waals surface area contributed by atoms with Gasteiger partial charge in [-0.05, 0) is 73.9 Å². The second kappa shape index (κ2) is 9.84. The first-order valence-corrected chi connectivity index (χ1v) is 11.0. The molecule has 4 heteroatoms. The molecule has 0 spiro atoms. The van der Waals surface area contributed by atoms with Gasteiger partial charge in [0.25, 0.3) is 5.91 Å². The van der Waals surface area contributed by atoms with Crippen molar-refractivity contribution in [2.75, 3.05) is 12.3 Å². The summed E-state index contributed by atoms with van der Waals surface area (Å²) in [6.07, 6.45) is 4.31. The van der Waals surface area contributed by atoms with Crippen molar-refractivity contribution in [1.29, 1.82) is 0 Å². The minimum atomic E-state index is -0.479. The molecule has 0 aliphatic heterocycles. The first-order valence-electron chi connectivity index (χ1n) is 9.82. The Kier molecular flexibility index (Phi) is 7.22. The van der Waals surface area contributed by atoms with Gasteiger partial charge in [0, 0.05) is 18.1 Å². The van der Waals surface area contributed by atoms with Crippen LogP contribution >= 0.6 is 11.8 Å². The molecule has 1 aliphatic rings. The van der Waals surface area contributed by atoms with E-state index in [4.69, 9.17) is 4.74 Å². The molecule has 2 aromatic carbocycles. The van der Waals surface area contributed by atoms with E-state index in [1.165, 1.54) is 35.1 Å². The number of fused-ring (bicyclic) bond motifs is 1. The van der Waals surface area contributed by atoms with Crippen molar-refractivity contribution in [3.8, 4) is 5.75 Å². The van der Waals surface area contributed by atoms with Gasteiger partial charge in [-0.3, -0.25) is 4.79 Å². The van der Waals surface area contributed by atoms with Crippen LogP contribution in [0.4, 0.5) is 0 Å². The molecule has 3 nitrogen and oxygen atoms in total. The average molecular weight is 384 g/mol. The van der Waals surface area contributed by atoms with Gasteiger partial charge in [0.1, 0.15) is 5.75 Å². The summed E-state index contributed by atoms with van der Waals surface area (Å²) in [5.74, 6) is 2.62. The Morgan fingerprint density at radius 2 is 1.93 bits per heavy atom. The number of aryl methyl sites for hydroxylation is 3. The number of carbonyl (C=O) groups is 1. The summed E-state index contributed by atoms with van der Waals surface area (Å²) in [6, 6.07) is 14.7. The van der Waals surface area contributed by atoms with E-state index in [1.54, 1.807) is 0 Å². The molecule has 0 saturated heterocycles. The van der Waals surface area contributed by atoms with Crippen molar-refractivity contribution in [3.05, 3.63) is 64.7 Å². The number of rotatable bonds is 8. The molecule has 1 aliphatic carbocycles. The topological polar surface area (TPSA) is 38.3 Å². The minimum Gasteiger partial charge on any atom is -0.481 e. The standard InChI is InChI=1S/C23H29NO2S/c1-17-7-3-4-10-21(17)16-27-14-13-24-23(25)18(2)26-22-12-11-19-8-5-6-9-20(19)15-22/h3-4,7,10-12,15,18H,5-6,8-9,13-14,16H2,1-2H3,(H,24,25)/t18-/m1/s1. The van der Waals surface area contributed by atoms with Gasteiger partial charge >= 0.3 is 0 Å². The van der Waals surface area contributed by atoms with Crippen molar-refractivity contribution in [1.82, 2.24) is 5.32 Å². The van der Waals surface area contributed by atoms with E-state index in [-0.39, 0.29) is 5.91 Å². The van der Waals surface area contributed by atoms with Crippen molar-refractivity contribution in [3.63, 3.8) is 0 Å². The number of hydrogen-bond acceptors (Lipinski definition) is 3. The molecular weight excluding hydrogens is 354 g/mol. The summed E-state index contributed by atoms with van der Waals surface area (Å²) in [6.45, 7) is 4.61. The lowest BCUT2D eigenvalue weighted by Crippen LogP contribution is -2.37. The van der Waals surface area contributed by atoms with Crippen LogP contribution in [0.15, 0.2) is 42.5 Å². The average Bonchev–Trinajstić information content (AvgIpc) is 2.68. The van der Waals surface area contributed by atoms with Gasteiger partial charge in [0.2, 0.25) is 0 Å². The van der Waals surface area contributed by atoms with Crippen LogP contribution in [-0.2, 0) is 23.4 Å². The monoisotopic (exact) mass is 383 g/mol. The van der Waals surface area contributed by atoms with E-state index in [9.17, 15) is 4.79 Å². The van der Waals surface area contributed by atoms with Crippen LogP contribution in [0.2, 0.25) is 0 Å². The van der Waals surface area contributed by atoms with Gasteiger partial charge < -0.3 is 10.1 Å².